The number of hydrogen-bond acceptors (Lipinski definition) is 6. The largest absolute Gasteiger partial charge is 0.419 e. The minimum Gasteiger partial charge on any atom is -0.352 e. The Balaban J connectivity index is 1.70. The fraction of sp³-hybridized carbons (Fsp3) is 0.417. The van der Waals surface area contributed by atoms with Crippen molar-refractivity contribution in [2.45, 2.75) is 56.2 Å². The number of nitrogens with zero attached hydrogens (tertiary/aromatic N) is 4. The van der Waals surface area contributed by atoms with E-state index in [1.54, 1.807) is 4.90 Å². The molecule has 1 N–H and O–H groups in total. The number of anilines is 2. The van der Waals surface area contributed by atoms with Gasteiger partial charge in [-0.2, -0.15) is 18.4 Å². The van der Waals surface area contributed by atoms with Gasteiger partial charge in [0.15, 0.2) is 11.2 Å². The molecular weight excluding hydrogens is 498 g/mol. The molecule has 0 radical (unpaired) electrons. The summed E-state index contributed by atoms with van der Waals surface area (Å²) in [6, 6.07) is 6.06. The molecule has 1 atom stereocenters. The van der Waals surface area contributed by atoms with Crippen LogP contribution in [0, 0.1) is 17.1 Å². The van der Waals surface area contributed by atoms with E-state index in [-0.39, 0.29) is 16.9 Å². The first-order valence-electron chi connectivity index (χ1n) is 11.4. The highest BCUT2D eigenvalue weighted by Gasteiger charge is 2.60. The Morgan fingerprint density at radius 1 is 1.31 bits per heavy atom. The number of halogens is 4. The molecule has 1 saturated carbocycles. The molecule has 2 aromatic rings. The van der Waals surface area contributed by atoms with E-state index in [9.17, 15) is 27.2 Å². The molecule has 1 aromatic carbocycles. The zero-order chi connectivity index (χ0) is 26.3. The van der Waals surface area contributed by atoms with Gasteiger partial charge >= 0.3 is 6.18 Å². The third kappa shape index (κ3) is 4.25. The van der Waals surface area contributed by atoms with E-state index >= 15 is 0 Å². The lowest BCUT2D eigenvalue weighted by molar-refractivity contribution is -0.138. The predicted molar refractivity (Wildman–Crippen MR) is 127 cm³/mol. The summed E-state index contributed by atoms with van der Waals surface area (Å²) in [5.41, 5.74) is -4.31. The second-order valence-corrected chi connectivity index (χ2v) is 9.21. The monoisotopic (exact) mass is 521 g/mol. The Morgan fingerprint density at radius 2 is 2.03 bits per heavy atom. The number of alkyl halides is 3. The molecule has 12 heteroatoms. The number of benzene rings is 1. The number of hydrogen-bond donors (Lipinski definition) is 2. The standard InChI is InChI=1S/C24H23F4N5O2S/c1-2-3-9-30-20(34)16-6-5-14(11-18(16)25)33-22(36)32(21(35)23(33)7-4-8-23)15-10-17(24(26,27)28)19(12-29)31-13-15/h5-6,10-11,13,22,36H,2-4,7-9H2,1H3,(H,30,34). The van der Waals surface area contributed by atoms with Crippen molar-refractivity contribution < 1.29 is 27.2 Å². The van der Waals surface area contributed by atoms with E-state index in [1.807, 2.05) is 6.92 Å². The van der Waals surface area contributed by atoms with Gasteiger partial charge in [0.1, 0.15) is 17.4 Å². The average molecular weight is 522 g/mol. The summed E-state index contributed by atoms with van der Waals surface area (Å²) >= 11 is 4.53. The van der Waals surface area contributed by atoms with E-state index < -0.39 is 46.1 Å². The summed E-state index contributed by atoms with van der Waals surface area (Å²) in [5, 5.41) is 11.7. The second-order valence-electron chi connectivity index (χ2n) is 8.75. The number of rotatable bonds is 6. The lowest BCUT2D eigenvalue weighted by Gasteiger charge is -2.44. The minimum absolute atomic E-state index is 0.151. The molecular formula is C24H23F4N5O2S. The van der Waals surface area contributed by atoms with Gasteiger partial charge in [0.05, 0.1) is 23.0 Å². The van der Waals surface area contributed by atoms with Gasteiger partial charge in [-0.1, -0.05) is 13.3 Å². The molecule has 1 saturated heterocycles. The van der Waals surface area contributed by atoms with Crippen LogP contribution in [0.5, 0.6) is 0 Å². The van der Waals surface area contributed by atoms with Crippen molar-refractivity contribution in [3.63, 3.8) is 0 Å². The van der Waals surface area contributed by atoms with Crippen LogP contribution in [0.15, 0.2) is 30.5 Å². The van der Waals surface area contributed by atoms with Crippen molar-refractivity contribution in [2.75, 3.05) is 16.3 Å². The highest BCUT2D eigenvalue weighted by atomic mass is 32.1. The molecule has 7 nitrogen and oxygen atoms in total. The van der Waals surface area contributed by atoms with E-state index in [2.05, 4.69) is 22.9 Å². The lowest BCUT2D eigenvalue weighted by atomic mass is 9.75. The van der Waals surface area contributed by atoms with Crippen molar-refractivity contribution in [2.24, 2.45) is 0 Å². The summed E-state index contributed by atoms with van der Waals surface area (Å²) < 4.78 is 55.5. The number of nitriles is 1. The van der Waals surface area contributed by atoms with Gasteiger partial charge in [-0.05, 0) is 49.9 Å². The molecule has 4 rings (SSSR count). The summed E-state index contributed by atoms with van der Waals surface area (Å²) in [4.78, 5) is 32.1. The first kappa shape index (κ1) is 25.8. The van der Waals surface area contributed by atoms with Crippen LogP contribution in [0.2, 0.25) is 0 Å². The first-order valence-corrected chi connectivity index (χ1v) is 11.9. The molecule has 2 aliphatic rings. The van der Waals surface area contributed by atoms with Crippen LogP contribution < -0.4 is 15.1 Å². The lowest BCUT2D eigenvalue weighted by Crippen LogP contribution is -2.55. The number of nitrogens with one attached hydrogen (secondary N) is 1. The number of carbonyl (C=O) groups is 2. The quantitative estimate of drug-likeness (QED) is 0.329. The Morgan fingerprint density at radius 3 is 2.58 bits per heavy atom. The second kappa shape index (κ2) is 9.61. The highest BCUT2D eigenvalue weighted by Crippen LogP contribution is 2.50. The number of aromatic nitrogens is 1. The summed E-state index contributed by atoms with van der Waals surface area (Å²) in [7, 11) is 0. The van der Waals surface area contributed by atoms with E-state index in [0.717, 1.165) is 30.0 Å². The third-order valence-electron chi connectivity index (χ3n) is 6.57. The Labute approximate surface area is 210 Å². The van der Waals surface area contributed by atoms with Gasteiger partial charge in [-0.15, -0.1) is 12.6 Å². The molecule has 0 bridgehead atoms. The molecule has 190 valence electrons. The Hall–Kier alpha value is -3.33. The van der Waals surface area contributed by atoms with Gasteiger partial charge in [0, 0.05) is 12.2 Å². The number of unbranched alkanes of at least 4 members (excludes halogenated alkanes) is 1. The minimum atomic E-state index is -4.85. The SMILES string of the molecule is CCCCNC(=O)c1ccc(N2C(S)N(c3cnc(C#N)c(C(F)(F)F)c3)C(=O)C23CCC3)cc1F. The molecule has 2 fully saturated rings. The van der Waals surface area contributed by atoms with Gasteiger partial charge in [-0.3, -0.25) is 14.5 Å². The topological polar surface area (TPSA) is 89.3 Å². The normalized spacial score (nSPS) is 18.8. The molecule has 1 aliphatic carbocycles. The summed E-state index contributed by atoms with van der Waals surface area (Å²) in [6.45, 7) is 2.37. The van der Waals surface area contributed by atoms with E-state index in [1.165, 1.54) is 18.2 Å². The average Bonchev–Trinajstić information content (AvgIpc) is 3.04. The molecule has 2 amide bonds. The van der Waals surface area contributed by atoms with Crippen LogP contribution in [0.1, 0.15) is 60.6 Å². The van der Waals surface area contributed by atoms with Gasteiger partial charge in [0.2, 0.25) is 0 Å². The van der Waals surface area contributed by atoms with Crippen LogP contribution in [0.4, 0.5) is 28.9 Å². The molecule has 1 aromatic heterocycles. The molecule has 2 heterocycles. The van der Waals surface area contributed by atoms with Crippen LogP contribution in [0.3, 0.4) is 0 Å². The van der Waals surface area contributed by atoms with Crippen molar-refractivity contribution in [1.82, 2.24) is 10.3 Å². The van der Waals surface area contributed by atoms with E-state index in [0.29, 0.717) is 31.9 Å². The molecule has 1 spiro atoms. The maximum Gasteiger partial charge on any atom is 0.419 e. The zero-order valence-corrected chi connectivity index (χ0v) is 20.2. The number of amides is 2. The zero-order valence-electron chi connectivity index (χ0n) is 19.3. The maximum absolute atomic E-state index is 15.0. The molecule has 36 heavy (non-hydrogen) atoms. The van der Waals surface area contributed by atoms with Crippen LogP contribution in [-0.4, -0.2) is 34.4 Å². The maximum atomic E-state index is 15.0. The first-order chi connectivity index (χ1) is 17.0. The third-order valence-corrected chi connectivity index (χ3v) is 7.04. The number of pyridine rings is 1. The summed E-state index contributed by atoms with van der Waals surface area (Å²) in [6.07, 6.45) is -0.724. The number of carbonyl (C=O) groups excluding carboxylic acids is 2. The van der Waals surface area contributed by atoms with Crippen molar-refractivity contribution in [1.29, 1.82) is 5.26 Å². The Bertz CT molecular complexity index is 1240. The highest BCUT2D eigenvalue weighted by molar-refractivity contribution is 7.81. The number of thiol groups is 1. The summed E-state index contributed by atoms with van der Waals surface area (Å²) in [5.74, 6) is -1.84. The van der Waals surface area contributed by atoms with Crippen molar-refractivity contribution >= 4 is 35.8 Å². The fourth-order valence-corrected chi connectivity index (χ4v) is 5.16. The van der Waals surface area contributed by atoms with Crippen molar-refractivity contribution in [3.8, 4) is 6.07 Å². The van der Waals surface area contributed by atoms with Crippen molar-refractivity contribution in [3.05, 3.63) is 53.1 Å². The van der Waals surface area contributed by atoms with Crippen LogP contribution in [-0.2, 0) is 11.0 Å². The molecule has 1 unspecified atom stereocenters. The van der Waals surface area contributed by atoms with Crippen LogP contribution in [0.25, 0.3) is 0 Å². The van der Waals surface area contributed by atoms with Gasteiger partial charge < -0.3 is 10.2 Å². The van der Waals surface area contributed by atoms with Crippen LogP contribution >= 0.6 is 12.6 Å². The fourth-order valence-electron chi connectivity index (χ4n) is 4.57. The predicted octanol–water partition coefficient (Wildman–Crippen LogP) is 4.63. The van der Waals surface area contributed by atoms with Gasteiger partial charge in [0.25, 0.3) is 11.8 Å². The smallest absolute Gasteiger partial charge is 0.352 e. The van der Waals surface area contributed by atoms with E-state index in [4.69, 9.17) is 5.26 Å². The van der Waals surface area contributed by atoms with Gasteiger partial charge in [-0.25, -0.2) is 9.37 Å². The molecule has 1 aliphatic heterocycles. The Kier molecular flexibility index (Phi) is 6.88.